The maximum absolute atomic E-state index is 2.46. The van der Waals surface area contributed by atoms with Crippen LogP contribution in [-0.4, -0.2) is 0 Å². The lowest BCUT2D eigenvalue weighted by molar-refractivity contribution is 0.103. The summed E-state index contributed by atoms with van der Waals surface area (Å²) in [6.07, 6.45) is 33.2. The van der Waals surface area contributed by atoms with Gasteiger partial charge < -0.3 is 0 Å². The minimum atomic E-state index is 0.888. The Kier molecular flexibility index (Phi) is 27.3. The van der Waals surface area contributed by atoms with Crippen molar-refractivity contribution in [3.63, 3.8) is 0 Å². The van der Waals surface area contributed by atoms with Crippen molar-refractivity contribution in [3.05, 3.63) is 0 Å². The molecular weight excluding hydrogens is 504 g/mol. The summed E-state index contributed by atoms with van der Waals surface area (Å²) in [7, 11) is 0. The zero-order valence-electron chi connectivity index (χ0n) is 31.8. The Morgan fingerprint density at radius 1 is 0.429 bits per heavy atom. The third-order valence-electron chi connectivity index (χ3n) is 11.4. The molecule has 0 N–H and O–H groups in total. The van der Waals surface area contributed by atoms with Crippen LogP contribution in [0.2, 0.25) is 0 Å². The highest BCUT2D eigenvalue weighted by molar-refractivity contribution is 4.85. The molecule has 0 amide bonds. The van der Waals surface area contributed by atoms with Gasteiger partial charge in [-0.1, -0.05) is 198 Å². The van der Waals surface area contributed by atoms with Gasteiger partial charge in [-0.3, -0.25) is 0 Å². The molecule has 0 bridgehead atoms. The minimum absolute atomic E-state index is 0.888. The highest BCUT2D eigenvalue weighted by atomic mass is 14.4. The van der Waals surface area contributed by atoms with E-state index in [1.807, 2.05) is 27.7 Å². The van der Waals surface area contributed by atoms with Crippen LogP contribution in [0, 0.1) is 53.3 Å². The van der Waals surface area contributed by atoms with Gasteiger partial charge in [-0.15, -0.1) is 0 Å². The summed E-state index contributed by atoms with van der Waals surface area (Å²) in [6.45, 7) is 24.5. The molecule has 0 radical (unpaired) electrons. The van der Waals surface area contributed by atoms with E-state index in [4.69, 9.17) is 0 Å². The van der Waals surface area contributed by atoms with Crippen molar-refractivity contribution in [3.8, 4) is 0 Å². The summed E-state index contributed by atoms with van der Waals surface area (Å²) < 4.78 is 0. The third-order valence-corrected chi connectivity index (χ3v) is 11.4. The molecule has 0 saturated heterocycles. The van der Waals surface area contributed by atoms with E-state index in [1.165, 1.54) is 89.9 Å². The molecule has 5 atom stereocenters. The van der Waals surface area contributed by atoms with Crippen molar-refractivity contribution in [2.75, 3.05) is 0 Å². The average Bonchev–Trinajstić information content (AvgIpc) is 3.22. The second-order valence-corrected chi connectivity index (χ2v) is 15.7. The molecule has 4 aliphatic rings. The van der Waals surface area contributed by atoms with Crippen LogP contribution in [-0.2, 0) is 0 Å². The van der Waals surface area contributed by atoms with Gasteiger partial charge in [-0.2, -0.15) is 0 Å². The van der Waals surface area contributed by atoms with Gasteiger partial charge in [0.15, 0.2) is 0 Å². The Bertz CT molecular complexity index is 524. The van der Waals surface area contributed by atoms with Crippen LogP contribution in [0.3, 0.4) is 0 Å². The van der Waals surface area contributed by atoms with Crippen LogP contribution >= 0.6 is 0 Å². The van der Waals surface area contributed by atoms with Gasteiger partial charge in [0, 0.05) is 0 Å². The molecule has 4 saturated carbocycles. The van der Waals surface area contributed by atoms with E-state index in [1.54, 1.807) is 51.4 Å². The normalized spacial score (nSPS) is 30.9. The van der Waals surface area contributed by atoms with Crippen molar-refractivity contribution in [1.29, 1.82) is 0 Å². The first kappa shape index (κ1) is 42.0. The summed E-state index contributed by atoms with van der Waals surface area (Å²) in [5.74, 6) is 9.36. The average molecular weight is 591 g/mol. The van der Waals surface area contributed by atoms with Gasteiger partial charge in [0.05, 0.1) is 0 Å². The summed E-state index contributed by atoms with van der Waals surface area (Å²) in [5.41, 5.74) is 0. The van der Waals surface area contributed by atoms with Gasteiger partial charge in [0.25, 0.3) is 0 Å². The fourth-order valence-corrected chi connectivity index (χ4v) is 8.41. The van der Waals surface area contributed by atoms with Gasteiger partial charge in [0.2, 0.25) is 0 Å². The Hall–Kier alpha value is 0. The largest absolute Gasteiger partial charge is 0.0683 e. The Morgan fingerprint density at radius 3 is 1.31 bits per heavy atom. The maximum Gasteiger partial charge on any atom is -0.0383 e. The van der Waals surface area contributed by atoms with Crippen molar-refractivity contribution in [2.45, 2.75) is 217 Å². The van der Waals surface area contributed by atoms with Gasteiger partial charge >= 0.3 is 0 Å². The van der Waals surface area contributed by atoms with Crippen LogP contribution in [0.5, 0.6) is 0 Å². The molecular formula is C42H86. The maximum atomic E-state index is 2.46. The predicted molar refractivity (Wildman–Crippen MR) is 195 cm³/mol. The topological polar surface area (TPSA) is 0 Å². The molecule has 0 heterocycles. The van der Waals surface area contributed by atoms with E-state index < -0.39 is 0 Å². The van der Waals surface area contributed by atoms with Crippen LogP contribution < -0.4 is 0 Å². The third kappa shape index (κ3) is 20.1. The number of hydrogen-bond acceptors (Lipinski definition) is 0. The molecule has 0 heteroatoms. The summed E-state index contributed by atoms with van der Waals surface area (Å²) in [5, 5.41) is 0. The highest BCUT2D eigenvalue weighted by Gasteiger charge is 2.34. The predicted octanol–water partition coefficient (Wildman–Crippen LogP) is 15.3. The van der Waals surface area contributed by atoms with Crippen LogP contribution in [0.15, 0.2) is 0 Å². The smallest absolute Gasteiger partial charge is 0.0383 e. The standard InChI is InChI=1S/C19H34.C10H22.C9H18.2C2H6/c1-15-10-12-17(13-11-15)19-9-5-8-18(14-19)16-6-3-2-4-7-16;1-5-6-10(4)8-7-9(2)3;1-8-4-3-5-9(2)7-6-8;2*1-2/h15-19H,2-14H2,1H3;9-10H,5-8H2,1-4H3;8-9H,3-7H2,1-2H3;2*1-2H3. The quantitative estimate of drug-likeness (QED) is 0.259. The Morgan fingerprint density at radius 2 is 0.833 bits per heavy atom. The molecule has 0 aliphatic heterocycles. The molecule has 42 heavy (non-hydrogen) atoms. The molecule has 254 valence electrons. The Balaban J connectivity index is 0.000000622. The number of hydrogen-bond donors (Lipinski definition) is 0. The SMILES string of the molecule is CC.CC.CC1CCC(C2CCCC(C3CCCCC3)C2)CC1.CC1CCCC(C)CC1.CCCC(C)CCC(C)C. The van der Waals surface area contributed by atoms with Crippen LogP contribution in [0.4, 0.5) is 0 Å². The Labute approximate surface area is 270 Å². The lowest BCUT2D eigenvalue weighted by atomic mass is 9.65. The summed E-state index contributed by atoms with van der Waals surface area (Å²) >= 11 is 0. The lowest BCUT2D eigenvalue weighted by Gasteiger charge is -2.41. The highest BCUT2D eigenvalue weighted by Crippen LogP contribution is 2.45. The lowest BCUT2D eigenvalue weighted by Crippen LogP contribution is -2.29. The molecule has 0 aromatic carbocycles. The summed E-state index contributed by atoms with van der Waals surface area (Å²) in [6, 6.07) is 0. The fraction of sp³-hybridized carbons (Fsp3) is 1.00. The van der Waals surface area contributed by atoms with Crippen molar-refractivity contribution in [2.24, 2.45) is 53.3 Å². The van der Waals surface area contributed by atoms with Crippen molar-refractivity contribution < 1.29 is 0 Å². The molecule has 0 aromatic rings. The first-order chi connectivity index (χ1) is 20.3. The first-order valence-corrected chi connectivity index (χ1v) is 20.3. The first-order valence-electron chi connectivity index (χ1n) is 20.3. The zero-order valence-corrected chi connectivity index (χ0v) is 31.8. The van der Waals surface area contributed by atoms with E-state index >= 15 is 0 Å². The van der Waals surface area contributed by atoms with E-state index in [0.717, 1.165) is 53.3 Å². The van der Waals surface area contributed by atoms with E-state index in [-0.39, 0.29) is 0 Å². The molecule has 4 aliphatic carbocycles. The molecule has 4 fully saturated rings. The molecule has 5 unspecified atom stereocenters. The van der Waals surface area contributed by atoms with E-state index in [0.29, 0.717) is 0 Å². The summed E-state index contributed by atoms with van der Waals surface area (Å²) in [4.78, 5) is 0. The monoisotopic (exact) mass is 591 g/mol. The van der Waals surface area contributed by atoms with Gasteiger partial charge in [0.1, 0.15) is 0 Å². The minimum Gasteiger partial charge on any atom is -0.0683 e. The number of rotatable bonds is 7. The van der Waals surface area contributed by atoms with Crippen molar-refractivity contribution >= 4 is 0 Å². The van der Waals surface area contributed by atoms with Gasteiger partial charge in [-0.05, 0) is 72.5 Å². The molecule has 0 spiro atoms. The van der Waals surface area contributed by atoms with E-state index in [9.17, 15) is 0 Å². The second-order valence-electron chi connectivity index (χ2n) is 15.7. The fourth-order valence-electron chi connectivity index (χ4n) is 8.41. The van der Waals surface area contributed by atoms with Gasteiger partial charge in [-0.25, -0.2) is 0 Å². The van der Waals surface area contributed by atoms with Crippen LogP contribution in [0.25, 0.3) is 0 Å². The zero-order chi connectivity index (χ0) is 31.8. The van der Waals surface area contributed by atoms with E-state index in [2.05, 4.69) is 48.5 Å². The van der Waals surface area contributed by atoms with Crippen LogP contribution in [0.1, 0.15) is 217 Å². The second kappa shape index (κ2) is 27.3. The molecule has 0 aromatic heterocycles. The molecule has 4 rings (SSSR count). The van der Waals surface area contributed by atoms with Crippen molar-refractivity contribution in [1.82, 2.24) is 0 Å². The molecule has 0 nitrogen and oxygen atoms in total.